The van der Waals surface area contributed by atoms with Crippen LogP contribution in [-0.4, -0.2) is 22.0 Å². The van der Waals surface area contributed by atoms with Crippen molar-refractivity contribution in [1.82, 2.24) is 15.0 Å². The summed E-state index contributed by atoms with van der Waals surface area (Å²) in [6, 6.07) is 15.6. The summed E-state index contributed by atoms with van der Waals surface area (Å²) < 4.78 is 13.4. The number of benzene rings is 2. The molecular weight excluding hydrogens is 341 g/mol. The fourth-order valence-electron chi connectivity index (χ4n) is 2.97. The Morgan fingerprint density at radius 1 is 1.04 bits per heavy atom. The highest BCUT2D eigenvalue weighted by molar-refractivity contribution is 5.94. The molecule has 2 aromatic carbocycles. The molecular formula is C21H14FN5. The van der Waals surface area contributed by atoms with Gasteiger partial charge in [-0.1, -0.05) is 12.1 Å². The van der Waals surface area contributed by atoms with Crippen molar-refractivity contribution in [2.24, 2.45) is 0 Å². The van der Waals surface area contributed by atoms with Crippen LogP contribution in [0, 0.1) is 17.1 Å². The maximum atomic E-state index is 13.4. The minimum absolute atomic E-state index is 0.285. The molecule has 0 saturated heterocycles. The summed E-state index contributed by atoms with van der Waals surface area (Å²) in [4.78, 5) is 13.3. The average molecular weight is 355 g/mol. The number of nitrogens with zero attached hydrogens (tertiary/aromatic N) is 4. The number of pyridine rings is 1. The summed E-state index contributed by atoms with van der Waals surface area (Å²) in [6.07, 6.45) is 3.41. The van der Waals surface area contributed by atoms with E-state index in [1.54, 1.807) is 25.5 Å². The molecule has 4 aromatic rings. The van der Waals surface area contributed by atoms with Crippen molar-refractivity contribution in [3.8, 4) is 28.6 Å². The predicted octanol–water partition coefficient (Wildman–Crippen LogP) is 4.41. The molecule has 0 aliphatic heterocycles. The lowest BCUT2D eigenvalue weighted by Gasteiger charge is -2.11. The van der Waals surface area contributed by atoms with Crippen molar-refractivity contribution in [3.63, 3.8) is 0 Å². The molecule has 6 heteroatoms. The quantitative estimate of drug-likeness (QED) is 0.589. The van der Waals surface area contributed by atoms with E-state index in [9.17, 15) is 9.65 Å². The molecule has 0 spiro atoms. The van der Waals surface area contributed by atoms with Crippen LogP contribution in [0.15, 0.2) is 60.9 Å². The fourth-order valence-corrected chi connectivity index (χ4v) is 2.97. The van der Waals surface area contributed by atoms with Gasteiger partial charge in [-0.05, 0) is 47.5 Å². The zero-order chi connectivity index (χ0) is 18.8. The van der Waals surface area contributed by atoms with Crippen LogP contribution in [0.2, 0.25) is 0 Å². The second kappa shape index (κ2) is 6.81. The van der Waals surface area contributed by atoms with E-state index in [1.165, 1.54) is 12.1 Å². The third-order valence-corrected chi connectivity index (χ3v) is 4.27. The second-order valence-corrected chi connectivity index (χ2v) is 5.92. The van der Waals surface area contributed by atoms with Crippen molar-refractivity contribution in [1.29, 1.82) is 5.26 Å². The lowest BCUT2D eigenvalue weighted by molar-refractivity contribution is 0.627. The molecule has 2 aromatic heterocycles. The van der Waals surface area contributed by atoms with Crippen LogP contribution in [0.5, 0.6) is 0 Å². The third-order valence-electron chi connectivity index (χ3n) is 4.27. The molecule has 27 heavy (non-hydrogen) atoms. The Labute approximate surface area is 155 Å². The van der Waals surface area contributed by atoms with Crippen LogP contribution >= 0.6 is 0 Å². The number of nitrogens with one attached hydrogen (secondary N) is 1. The predicted molar refractivity (Wildman–Crippen MR) is 102 cm³/mol. The van der Waals surface area contributed by atoms with Gasteiger partial charge in [0.05, 0.1) is 17.1 Å². The van der Waals surface area contributed by atoms with Gasteiger partial charge in [0.15, 0.2) is 5.82 Å². The highest BCUT2D eigenvalue weighted by Gasteiger charge is 2.12. The van der Waals surface area contributed by atoms with E-state index in [0.29, 0.717) is 17.2 Å². The number of hydrogen-bond donors (Lipinski definition) is 1. The molecule has 0 fully saturated rings. The topological polar surface area (TPSA) is 74.5 Å². The van der Waals surface area contributed by atoms with Crippen molar-refractivity contribution in [3.05, 3.63) is 72.3 Å². The maximum absolute atomic E-state index is 13.4. The summed E-state index contributed by atoms with van der Waals surface area (Å²) in [6.45, 7) is 0. The summed E-state index contributed by atoms with van der Waals surface area (Å²) >= 11 is 0. The van der Waals surface area contributed by atoms with E-state index in [0.717, 1.165) is 22.0 Å². The van der Waals surface area contributed by atoms with E-state index in [4.69, 9.17) is 0 Å². The van der Waals surface area contributed by atoms with Crippen LogP contribution in [0.3, 0.4) is 0 Å². The molecule has 0 aliphatic carbocycles. The molecule has 5 nitrogen and oxygen atoms in total. The lowest BCUT2D eigenvalue weighted by atomic mass is 9.98. The molecule has 0 amide bonds. The first-order valence-electron chi connectivity index (χ1n) is 8.29. The lowest BCUT2D eigenvalue weighted by Crippen LogP contribution is -1.99. The zero-order valence-electron chi connectivity index (χ0n) is 14.4. The Kier molecular flexibility index (Phi) is 4.19. The van der Waals surface area contributed by atoms with Gasteiger partial charge >= 0.3 is 0 Å². The number of anilines is 1. The van der Waals surface area contributed by atoms with Gasteiger partial charge in [-0.25, -0.2) is 14.4 Å². The van der Waals surface area contributed by atoms with Crippen LogP contribution in [-0.2, 0) is 0 Å². The average Bonchev–Trinajstić information content (AvgIpc) is 2.73. The Bertz CT molecular complexity index is 1180. The number of fused-ring (bicyclic) bond motifs is 1. The molecule has 4 rings (SSSR count). The van der Waals surface area contributed by atoms with Gasteiger partial charge in [-0.3, -0.25) is 4.98 Å². The van der Waals surface area contributed by atoms with Crippen molar-refractivity contribution < 1.29 is 4.39 Å². The highest BCUT2D eigenvalue weighted by atomic mass is 19.1. The highest BCUT2D eigenvalue weighted by Crippen LogP contribution is 2.31. The van der Waals surface area contributed by atoms with Crippen molar-refractivity contribution in [2.45, 2.75) is 0 Å². The molecule has 0 atom stereocenters. The van der Waals surface area contributed by atoms with Crippen molar-refractivity contribution >= 4 is 16.7 Å². The third kappa shape index (κ3) is 3.07. The SMILES string of the molecule is CNc1nc(-c2cccnc2)nc2ccc(-c3ccc(F)cc3C#N)cc12. The monoisotopic (exact) mass is 355 g/mol. The van der Waals surface area contributed by atoms with Crippen LogP contribution < -0.4 is 5.32 Å². The zero-order valence-corrected chi connectivity index (χ0v) is 14.4. The minimum Gasteiger partial charge on any atom is -0.373 e. The first kappa shape index (κ1) is 16.6. The Hall–Kier alpha value is -3.85. The molecule has 0 aliphatic rings. The molecule has 0 unspecified atom stereocenters. The number of halogens is 1. The largest absolute Gasteiger partial charge is 0.373 e. The molecule has 2 heterocycles. The first-order chi connectivity index (χ1) is 13.2. The molecule has 130 valence electrons. The Balaban J connectivity index is 1.90. The number of rotatable bonds is 3. The van der Waals surface area contributed by atoms with E-state index >= 15 is 0 Å². The summed E-state index contributed by atoms with van der Waals surface area (Å²) in [5.41, 5.74) is 3.34. The van der Waals surface area contributed by atoms with Crippen molar-refractivity contribution in [2.75, 3.05) is 12.4 Å². The van der Waals surface area contributed by atoms with E-state index in [1.807, 2.05) is 36.4 Å². The van der Waals surface area contributed by atoms with Gasteiger partial charge in [0.25, 0.3) is 0 Å². The molecule has 1 N–H and O–H groups in total. The number of hydrogen-bond acceptors (Lipinski definition) is 5. The van der Waals surface area contributed by atoms with Gasteiger partial charge in [0.2, 0.25) is 0 Å². The van der Waals surface area contributed by atoms with Crippen LogP contribution in [0.25, 0.3) is 33.4 Å². The first-order valence-corrected chi connectivity index (χ1v) is 8.29. The molecule has 0 bridgehead atoms. The summed E-state index contributed by atoms with van der Waals surface area (Å²) in [5, 5.41) is 13.2. The van der Waals surface area contributed by atoms with Gasteiger partial charge < -0.3 is 5.32 Å². The van der Waals surface area contributed by atoms with Gasteiger partial charge in [0, 0.05) is 30.4 Å². The summed E-state index contributed by atoms with van der Waals surface area (Å²) in [5.74, 6) is 0.810. The van der Waals surface area contributed by atoms with Gasteiger partial charge in [0.1, 0.15) is 11.6 Å². The number of aromatic nitrogens is 3. The smallest absolute Gasteiger partial charge is 0.163 e. The van der Waals surface area contributed by atoms with Gasteiger partial charge in [-0.2, -0.15) is 5.26 Å². The minimum atomic E-state index is -0.434. The Morgan fingerprint density at radius 3 is 2.67 bits per heavy atom. The normalized spacial score (nSPS) is 10.6. The Morgan fingerprint density at radius 2 is 1.93 bits per heavy atom. The van der Waals surface area contributed by atoms with Crippen LogP contribution in [0.1, 0.15) is 5.56 Å². The van der Waals surface area contributed by atoms with Gasteiger partial charge in [-0.15, -0.1) is 0 Å². The fraction of sp³-hybridized carbons (Fsp3) is 0.0476. The van der Waals surface area contributed by atoms with E-state index < -0.39 is 5.82 Å². The molecule has 0 radical (unpaired) electrons. The second-order valence-electron chi connectivity index (χ2n) is 5.92. The van der Waals surface area contributed by atoms with E-state index in [2.05, 4.69) is 20.3 Å². The number of nitriles is 1. The van der Waals surface area contributed by atoms with Crippen LogP contribution in [0.4, 0.5) is 10.2 Å². The standard InChI is InChI=1S/C21H14FN5/c1-24-21-18-10-13(17-6-5-16(22)9-15(17)11-23)4-7-19(18)26-20(27-21)14-3-2-8-25-12-14/h2-10,12H,1H3,(H,24,26,27). The van der Waals surface area contributed by atoms with E-state index in [-0.39, 0.29) is 5.56 Å². The maximum Gasteiger partial charge on any atom is 0.163 e. The molecule has 0 saturated carbocycles. The summed E-state index contributed by atoms with van der Waals surface area (Å²) in [7, 11) is 1.79.